The van der Waals surface area contributed by atoms with E-state index in [2.05, 4.69) is 4.90 Å². The van der Waals surface area contributed by atoms with Crippen molar-refractivity contribution in [3.05, 3.63) is 6.04 Å². The molecule has 3 nitrogen and oxygen atoms in total. The number of nitrogens with zero attached hydrogens (tertiary/aromatic N) is 1. The van der Waals surface area contributed by atoms with Crippen LogP contribution in [0.25, 0.3) is 0 Å². The molecule has 2 rings (SSSR count). The molecule has 2 aliphatic rings. The fourth-order valence-electron chi connectivity index (χ4n) is 2.13. The Balaban J connectivity index is 1.90. The Morgan fingerprint density at radius 3 is 2.08 bits per heavy atom. The predicted octanol–water partition coefficient (Wildman–Crippen LogP) is 0.823. The van der Waals surface area contributed by atoms with Crippen LogP contribution in [0.4, 0.5) is 0 Å². The van der Waals surface area contributed by atoms with Gasteiger partial charge in [-0.15, -0.1) is 0 Å². The predicted molar refractivity (Wildman–Crippen MR) is 51.9 cm³/mol. The van der Waals surface area contributed by atoms with Gasteiger partial charge in [0, 0.05) is 19.1 Å². The molecule has 1 heterocycles. The molecule has 0 aromatic rings. The lowest BCUT2D eigenvalue weighted by molar-refractivity contribution is 0.297. The molecular weight excluding hydrogens is 186 g/mol. The summed E-state index contributed by atoms with van der Waals surface area (Å²) in [5.74, 6) is 0.715. The normalized spacial score (nSPS) is 30.8. The van der Waals surface area contributed by atoms with E-state index in [1.807, 2.05) is 0 Å². The summed E-state index contributed by atoms with van der Waals surface area (Å²) < 4.78 is 22.4. The van der Waals surface area contributed by atoms with Crippen LogP contribution in [-0.2, 0) is 9.84 Å². The SMILES string of the molecule is O=S1(=O)CCN([C]2CCCC2)CC1. The van der Waals surface area contributed by atoms with E-state index in [0.29, 0.717) is 11.5 Å². The molecule has 0 aromatic heterocycles. The molecule has 1 radical (unpaired) electrons. The third-order valence-electron chi connectivity index (χ3n) is 2.97. The number of hydrogen-bond donors (Lipinski definition) is 0. The maximum Gasteiger partial charge on any atom is 0.152 e. The molecule has 0 aromatic carbocycles. The van der Waals surface area contributed by atoms with Crippen LogP contribution in [-0.4, -0.2) is 37.9 Å². The first kappa shape index (κ1) is 9.46. The minimum absolute atomic E-state index is 0.358. The zero-order valence-electron chi connectivity index (χ0n) is 7.83. The van der Waals surface area contributed by atoms with Crippen molar-refractivity contribution in [1.29, 1.82) is 0 Å². The molecule has 0 spiro atoms. The Morgan fingerprint density at radius 2 is 1.54 bits per heavy atom. The molecule has 4 heteroatoms. The third kappa shape index (κ3) is 2.23. The smallest absolute Gasteiger partial charge is 0.152 e. The lowest BCUT2D eigenvalue weighted by Crippen LogP contribution is -2.41. The Bertz CT molecular complexity index is 253. The highest BCUT2D eigenvalue weighted by molar-refractivity contribution is 7.91. The van der Waals surface area contributed by atoms with Gasteiger partial charge >= 0.3 is 0 Å². The molecule has 0 amide bonds. The fraction of sp³-hybridized carbons (Fsp3) is 0.889. The van der Waals surface area contributed by atoms with E-state index in [9.17, 15) is 8.42 Å². The highest BCUT2D eigenvalue weighted by Gasteiger charge is 2.28. The van der Waals surface area contributed by atoms with Gasteiger partial charge in [-0.3, -0.25) is 4.90 Å². The average molecular weight is 202 g/mol. The quantitative estimate of drug-likeness (QED) is 0.632. The summed E-state index contributed by atoms with van der Waals surface area (Å²) >= 11 is 0. The molecule has 13 heavy (non-hydrogen) atoms. The van der Waals surface area contributed by atoms with Gasteiger partial charge in [-0.25, -0.2) is 8.42 Å². The fourth-order valence-corrected chi connectivity index (χ4v) is 3.33. The van der Waals surface area contributed by atoms with Gasteiger partial charge in [0.15, 0.2) is 9.84 Å². The Morgan fingerprint density at radius 1 is 1.00 bits per heavy atom. The van der Waals surface area contributed by atoms with Gasteiger partial charge in [0.05, 0.1) is 11.5 Å². The Labute approximate surface area is 80.0 Å². The van der Waals surface area contributed by atoms with Crippen LogP contribution >= 0.6 is 0 Å². The molecule has 1 saturated heterocycles. The molecule has 0 atom stereocenters. The van der Waals surface area contributed by atoms with E-state index >= 15 is 0 Å². The maximum atomic E-state index is 11.2. The monoisotopic (exact) mass is 202 g/mol. The minimum atomic E-state index is -2.70. The second kappa shape index (κ2) is 3.58. The summed E-state index contributed by atoms with van der Waals surface area (Å²) in [6, 6.07) is 1.50. The van der Waals surface area contributed by atoms with E-state index < -0.39 is 9.84 Å². The van der Waals surface area contributed by atoms with Crippen LogP contribution in [0.2, 0.25) is 0 Å². The summed E-state index contributed by atoms with van der Waals surface area (Å²) in [6.07, 6.45) is 4.97. The molecule has 1 aliphatic carbocycles. The van der Waals surface area contributed by atoms with Crippen molar-refractivity contribution in [3.63, 3.8) is 0 Å². The highest BCUT2D eigenvalue weighted by Crippen LogP contribution is 2.30. The Hall–Kier alpha value is -0.0900. The van der Waals surface area contributed by atoms with E-state index in [1.54, 1.807) is 0 Å². The van der Waals surface area contributed by atoms with Crippen molar-refractivity contribution in [2.24, 2.45) is 0 Å². The first-order valence-corrected chi connectivity index (χ1v) is 6.80. The van der Waals surface area contributed by atoms with E-state index in [4.69, 9.17) is 0 Å². The zero-order chi connectivity index (χ0) is 9.31. The van der Waals surface area contributed by atoms with Gasteiger partial charge < -0.3 is 0 Å². The summed E-state index contributed by atoms with van der Waals surface area (Å²) in [4.78, 5) is 2.29. The lowest BCUT2D eigenvalue weighted by Gasteiger charge is -2.31. The van der Waals surface area contributed by atoms with Gasteiger partial charge in [-0.1, -0.05) is 12.8 Å². The van der Waals surface area contributed by atoms with Gasteiger partial charge in [0.2, 0.25) is 0 Å². The molecule has 75 valence electrons. The summed E-state index contributed by atoms with van der Waals surface area (Å²) in [5, 5.41) is 0. The van der Waals surface area contributed by atoms with Gasteiger partial charge in [-0.05, 0) is 12.8 Å². The third-order valence-corrected chi connectivity index (χ3v) is 4.58. The Kier molecular flexibility index (Phi) is 2.60. The topological polar surface area (TPSA) is 37.4 Å². The number of sulfone groups is 1. The molecule has 0 unspecified atom stereocenters. The van der Waals surface area contributed by atoms with Crippen molar-refractivity contribution in [1.82, 2.24) is 4.90 Å². The van der Waals surface area contributed by atoms with Crippen molar-refractivity contribution in [2.75, 3.05) is 24.6 Å². The van der Waals surface area contributed by atoms with E-state index in [-0.39, 0.29) is 0 Å². The second-order valence-electron chi connectivity index (χ2n) is 3.91. The van der Waals surface area contributed by atoms with Crippen molar-refractivity contribution >= 4 is 9.84 Å². The standard InChI is InChI=1S/C9H16NO2S/c11-13(12)7-5-10(6-8-13)9-3-1-2-4-9/h1-8H2. The molecular formula is C9H16NO2S. The van der Waals surface area contributed by atoms with Gasteiger partial charge in [0.1, 0.15) is 0 Å². The number of rotatable bonds is 1. The van der Waals surface area contributed by atoms with Crippen molar-refractivity contribution in [3.8, 4) is 0 Å². The average Bonchev–Trinajstić information content (AvgIpc) is 2.56. The first-order valence-electron chi connectivity index (χ1n) is 4.97. The molecule has 1 saturated carbocycles. The molecule has 0 N–H and O–H groups in total. The largest absolute Gasteiger partial charge is 0.294 e. The van der Waals surface area contributed by atoms with Crippen LogP contribution in [0.3, 0.4) is 0 Å². The lowest BCUT2D eigenvalue weighted by atomic mass is 10.2. The first-order chi connectivity index (χ1) is 6.17. The summed E-state index contributed by atoms with van der Waals surface area (Å²) in [7, 11) is -2.70. The molecule has 2 fully saturated rings. The number of hydrogen-bond acceptors (Lipinski definition) is 3. The van der Waals surface area contributed by atoms with Gasteiger partial charge in [0.25, 0.3) is 0 Å². The highest BCUT2D eigenvalue weighted by atomic mass is 32.2. The van der Waals surface area contributed by atoms with E-state index in [0.717, 1.165) is 13.1 Å². The summed E-state index contributed by atoms with van der Waals surface area (Å²) in [5.41, 5.74) is 0. The maximum absolute atomic E-state index is 11.2. The molecule has 0 bridgehead atoms. The zero-order valence-corrected chi connectivity index (χ0v) is 8.65. The van der Waals surface area contributed by atoms with E-state index in [1.165, 1.54) is 31.7 Å². The summed E-state index contributed by atoms with van der Waals surface area (Å²) in [6.45, 7) is 1.47. The van der Waals surface area contributed by atoms with Crippen molar-refractivity contribution < 1.29 is 8.42 Å². The van der Waals surface area contributed by atoms with Crippen LogP contribution < -0.4 is 0 Å². The minimum Gasteiger partial charge on any atom is -0.294 e. The molecule has 1 aliphatic heterocycles. The van der Waals surface area contributed by atoms with Crippen LogP contribution in [0, 0.1) is 6.04 Å². The second-order valence-corrected chi connectivity index (χ2v) is 6.22. The van der Waals surface area contributed by atoms with Crippen LogP contribution in [0.5, 0.6) is 0 Å². The van der Waals surface area contributed by atoms with Crippen molar-refractivity contribution in [2.45, 2.75) is 25.7 Å². The van der Waals surface area contributed by atoms with Crippen LogP contribution in [0.1, 0.15) is 25.7 Å². The van der Waals surface area contributed by atoms with Crippen LogP contribution in [0.15, 0.2) is 0 Å². The van der Waals surface area contributed by atoms with Gasteiger partial charge in [-0.2, -0.15) is 0 Å².